The number of hydrogen-bond donors (Lipinski definition) is 10. The molecule has 16 rings (SSSR count). The van der Waals surface area contributed by atoms with Gasteiger partial charge >= 0.3 is 15.6 Å². The van der Waals surface area contributed by atoms with Crippen LogP contribution in [0.2, 0.25) is 0 Å². The molecular formula is C102H96Cl4N10O22P2. The molecule has 10 N–H and O–H groups in total. The first kappa shape index (κ1) is 101. The van der Waals surface area contributed by atoms with Gasteiger partial charge in [-0.1, -0.05) is 134 Å². The highest BCUT2D eigenvalue weighted by Gasteiger charge is 2.40. The van der Waals surface area contributed by atoms with E-state index in [0.29, 0.717) is 152 Å². The Bertz CT molecular complexity index is 6940. The molecule has 6 heterocycles. The maximum atomic E-state index is 14.1. The van der Waals surface area contributed by atoms with Crippen molar-refractivity contribution in [2.75, 3.05) is 106 Å². The number of amides is 12. The highest BCUT2D eigenvalue weighted by atomic mass is 35.5. The molecule has 4 atom stereocenters. The molecule has 10 aromatic rings. The van der Waals surface area contributed by atoms with Crippen molar-refractivity contribution in [2.24, 2.45) is 0 Å². The van der Waals surface area contributed by atoms with Crippen LogP contribution in [-0.4, -0.2) is 186 Å². The number of imide groups is 2. The Kier molecular flexibility index (Phi) is 32.2. The van der Waals surface area contributed by atoms with E-state index in [1.807, 2.05) is 48.5 Å². The molecule has 10 aromatic carbocycles. The lowest BCUT2D eigenvalue weighted by atomic mass is 9.95. The van der Waals surface area contributed by atoms with Gasteiger partial charge in [0.15, 0.2) is 0 Å². The number of aromatic hydroxyl groups is 2. The Morgan fingerprint density at radius 1 is 0.357 bits per heavy atom. The number of carbonyl (C=O) groups is 12. The van der Waals surface area contributed by atoms with Gasteiger partial charge in [0.2, 0.25) is 23.6 Å². The van der Waals surface area contributed by atoms with Crippen LogP contribution in [-0.2, 0) is 66.7 Å². The van der Waals surface area contributed by atoms with Crippen LogP contribution in [0.25, 0.3) is 67.4 Å². The quantitative estimate of drug-likeness (QED) is 0.00573. The molecular weight excluding hydrogens is 1920 g/mol. The number of carbonyl (C=O) groups excluding carboxylic acids is 12. The number of anilines is 6. The van der Waals surface area contributed by atoms with Gasteiger partial charge in [-0.3, -0.25) is 86.9 Å². The minimum absolute atomic E-state index is 0.0137. The Hall–Kier alpha value is -13.6. The van der Waals surface area contributed by atoms with E-state index in [2.05, 4.69) is 21.3 Å². The van der Waals surface area contributed by atoms with Crippen molar-refractivity contribution in [3.63, 3.8) is 0 Å². The highest BCUT2D eigenvalue weighted by molar-refractivity contribution is 7.47. The fraction of sp³-hybridized carbons (Fsp3) is 0.255. The molecule has 12 amide bonds. The Morgan fingerprint density at radius 2 is 0.650 bits per heavy atom. The van der Waals surface area contributed by atoms with Crippen molar-refractivity contribution in [1.82, 2.24) is 20.4 Å². The van der Waals surface area contributed by atoms with Gasteiger partial charge in [0.1, 0.15) is 23.0 Å². The zero-order valence-electron chi connectivity index (χ0n) is 75.1. The predicted octanol–water partition coefficient (Wildman–Crippen LogP) is 15.7. The monoisotopic (exact) mass is 2010 g/mol. The molecule has 0 aliphatic carbocycles. The van der Waals surface area contributed by atoms with Crippen molar-refractivity contribution in [3.05, 3.63) is 251 Å². The molecule has 0 bridgehead atoms. The molecule has 0 aromatic heterocycles. The lowest BCUT2D eigenvalue weighted by Crippen LogP contribution is -2.31. The maximum absolute atomic E-state index is 14.1. The van der Waals surface area contributed by atoms with Gasteiger partial charge in [0.05, 0.1) is 22.7 Å². The number of fused-ring (bicyclic) bond motifs is 12. The maximum Gasteiger partial charge on any atom is 0.524 e. The number of hydrogen-bond acceptors (Lipinski definition) is 18. The molecule has 6 aliphatic heterocycles. The van der Waals surface area contributed by atoms with Crippen molar-refractivity contribution in [2.45, 2.75) is 87.9 Å². The first-order valence-electron chi connectivity index (χ1n) is 45.1. The fourth-order valence-electron chi connectivity index (χ4n) is 18.3. The second-order valence-electron chi connectivity index (χ2n) is 34.1. The van der Waals surface area contributed by atoms with Gasteiger partial charge in [-0.2, -0.15) is 0 Å². The van der Waals surface area contributed by atoms with Gasteiger partial charge in [-0.05, 0) is 128 Å². The number of phenolic OH excluding ortho intramolecular Hbond substituents is 2. The second kappa shape index (κ2) is 44.7. The van der Waals surface area contributed by atoms with E-state index in [9.17, 15) is 96.5 Å². The Balaban J connectivity index is 0.000000213. The normalized spacial score (nSPS) is 16.5. The summed E-state index contributed by atoms with van der Waals surface area (Å²) in [6.45, 7) is 1.52. The van der Waals surface area contributed by atoms with Crippen LogP contribution in [0.3, 0.4) is 0 Å². The smallest absolute Gasteiger partial charge is 0.507 e. The average molecular weight is 2020 g/mol. The predicted molar refractivity (Wildman–Crippen MR) is 538 cm³/mol. The van der Waals surface area contributed by atoms with Crippen LogP contribution in [0, 0.1) is 0 Å². The third-order valence-corrected chi connectivity index (χ3v) is 27.2. The first-order valence-corrected chi connectivity index (χ1v) is 50.3. The molecule has 0 fully saturated rings. The van der Waals surface area contributed by atoms with Gasteiger partial charge in [-0.25, -0.2) is 9.13 Å². The van der Waals surface area contributed by atoms with E-state index in [-0.39, 0.29) is 182 Å². The largest absolute Gasteiger partial charge is 0.524 e. The van der Waals surface area contributed by atoms with Gasteiger partial charge in [-0.15, -0.1) is 46.4 Å². The summed E-state index contributed by atoms with van der Waals surface area (Å²) in [7, 11) is -10.0. The van der Waals surface area contributed by atoms with E-state index in [4.69, 9.17) is 55.5 Å². The first-order chi connectivity index (χ1) is 67.3. The zero-order valence-corrected chi connectivity index (χ0v) is 79.9. The molecule has 0 radical (unpaired) electrons. The van der Waals surface area contributed by atoms with E-state index in [0.717, 1.165) is 26.8 Å². The number of phosphoric acid groups is 2. The molecule has 140 heavy (non-hydrogen) atoms. The minimum atomic E-state index is -5.01. The molecule has 0 saturated carbocycles. The van der Waals surface area contributed by atoms with Crippen LogP contribution in [0.15, 0.2) is 206 Å². The van der Waals surface area contributed by atoms with Crippen LogP contribution in [0.4, 0.5) is 34.1 Å². The van der Waals surface area contributed by atoms with E-state index in [1.54, 1.807) is 119 Å². The third-order valence-electron chi connectivity index (χ3n) is 24.9. The highest BCUT2D eigenvalue weighted by Crippen LogP contribution is 2.53. The second-order valence-corrected chi connectivity index (χ2v) is 37.6. The summed E-state index contributed by atoms with van der Waals surface area (Å²) in [6, 6.07) is 44.6. The van der Waals surface area contributed by atoms with E-state index in [1.165, 1.54) is 87.6 Å². The van der Waals surface area contributed by atoms with Crippen molar-refractivity contribution >= 4 is 234 Å². The molecule has 0 spiro atoms. The summed E-state index contributed by atoms with van der Waals surface area (Å²) in [5.41, 5.74) is 7.52. The van der Waals surface area contributed by atoms with E-state index >= 15 is 0 Å². The third kappa shape index (κ3) is 23.4. The summed E-state index contributed by atoms with van der Waals surface area (Å²) in [5, 5.41) is 38.1. The summed E-state index contributed by atoms with van der Waals surface area (Å²) < 4.78 is 34.1. The Morgan fingerprint density at radius 3 is 0.964 bits per heavy atom. The van der Waals surface area contributed by atoms with Crippen LogP contribution in [0.5, 0.6) is 23.0 Å². The van der Waals surface area contributed by atoms with Gasteiger partial charge in [0, 0.05) is 231 Å². The number of alkyl halides is 4. The number of phosphoric ester groups is 2. The van der Waals surface area contributed by atoms with Crippen molar-refractivity contribution < 1.29 is 105 Å². The SMILES string of the molecule is O=C(CCCCCN1C(=O)C=CC1=O)NCCC(=O)Nc1cc(/C=C/C(=O)N2C[C@@H](CCl)c3c2cc(O)c2ccccc32)ccc1/C=C/C(=O)N1C[C@@H](CCl)c2c1cc(O)c1ccccc21.O=C(CCCCCN1C(=O)C=CC1=O)NCCC(=O)Nc1cc(/C=C/C(=O)N2C[C@@H](CCl)c3c2cc(OP(=O)(O)O)c2ccccc32)ccc1/C=C/C(=O)N1C[C@@H](CCl)c2c1cc(OP(=O)(O)O)c1ccccc21. The zero-order chi connectivity index (χ0) is 99.4. The van der Waals surface area contributed by atoms with Gasteiger partial charge in [0.25, 0.3) is 47.3 Å². The summed E-state index contributed by atoms with van der Waals surface area (Å²) in [4.78, 5) is 202. The topological polar surface area (TPSA) is 446 Å². The lowest BCUT2D eigenvalue weighted by molar-refractivity contribution is -0.138. The van der Waals surface area contributed by atoms with Gasteiger partial charge < -0.3 is 60.1 Å². The molecule has 0 unspecified atom stereocenters. The molecule has 38 heteroatoms. The molecule has 0 saturated heterocycles. The summed E-state index contributed by atoms with van der Waals surface area (Å²) in [5.74, 6) is -4.86. The fourth-order valence-corrected chi connectivity index (χ4v) is 20.1. The summed E-state index contributed by atoms with van der Waals surface area (Å²) in [6.07, 6.45) is 20.0. The standard InChI is InChI=1S/C51H49Cl2N5O14P2.C51H47Cl2N5O8/c52-27-33-29-57(40-25-42(71-73(65,66)67)35-8-3-5-10-37(35)50(33)40)48(63)17-14-31-13-15-32(39(24-31)55-45(60)21-22-54-44(59)12-2-1-7-23-56-46(61)19-20-47(56)62)16-18-49(64)58-30-34(28-53)51-38-11-6-4-9-36(38)43(26-41(51)58)72-74(68,69)70;52-27-33-29-57(40-25-42(59)35-8-3-5-10-37(35)50(33)40)48(65)17-14-31-13-15-32(16-18-49(66)58-30-34(28-53)51-38-11-6-4-9-36(38)43(60)26-41(51)58)39(24-31)55-45(62)21-22-54-44(61)12-2-1-7-23-56-46(63)19-20-47(56)64/h3-6,8-11,13-20,24-26,33-34H,1-2,7,12,21-23,27-30H2,(H,54,59)(H,55,60)(H2,65,66,67)(H2,68,69,70);3-6,8-11,13-20,24-26,33-34,59-60H,1-2,7,12,21-23,27-30H2,(H,54,61)(H,55,62)/b2*17-14+,18-16+/t2*33-,34-/m11/s1. The van der Waals surface area contributed by atoms with Crippen LogP contribution >= 0.6 is 62.0 Å². The Labute approximate surface area is 823 Å². The number of halogens is 4. The number of unbranched alkanes of at least 4 members (excludes halogenated alkanes) is 4. The number of rotatable bonds is 36. The molecule has 32 nitrogen and oxygen atoms in total. The number of benzene rings is 10. The number of nitrogens with zero attached hydrogens (tertiary/aromatic N) is 6. The molecule has 6 aliphatic rings. The summed E-state index contributed by atoms with van der Waals surface area (Å²) >= 11 is 25.7. The molecule has 724 valence electrons. The lowest BCUT2D eigenvalue weighted by Gasteiger charge is -2.18. The van der Waals surface area contributed by atoms with Crippen LogP contribution < -0.4 is 49.9 Å². The van der Waals surface area contributed by atoms with Crippen molar-refractivity contribution in [1.29, 1.82) is 0 Å². The number of phenols is 2. The van der Waals surface area contributed by atoms with Crippen molar-refractivity contribution in [3.8, 4) is 23.0 Å². The van der Waals surface area contributed by atoms with Crippen LogP contribution in [0.1, 0.15) is 132 Å². The minimum Gasteiger partial charge on any atom is -0.507 e. The number of nitrogens with one attached hydrogen (secondary N) is 4. The average Bonchev–Trinajstić information content (AvgIpc) is 1.54. The van der Waals surface area contributed by atoms with E-state index < -0.39 is 39.3 Å².